The van der Waals surface area contributed by atoms with Crippen LogP contribution in [-0.2, 0) is 10.1 Å². The van der Waals surface area contributed by atoms with Crippen LogP contribution in [0.25, 0.3) is 5.82 Å². The number of esters is 1. The van der Waals surface area contributed by atoms with Gasteiger partial charge in [0.15, 0.2) is 11.5 Å². The Morgan fingerprint density at radius 3 is 3.00 bits per heavy atom. The van der Waals surface area contributed by atoms with E-state index in [1.807, 2.05) is 18.2 Å². The van der Waals surface area contributed by atoms with Crippen molar-refractivity contribution in [2.24, 2.45) is 0 Å². The number of carbonyl (C=O) groups is 1. The van der Waals surface area contributed by atoms with Gasteiger partial charge in [-0.15, -0.1) is 0 Å². The quantitative estimate of drug-likeness (QED) is 0.642. The van der Waals surface area contributed by atoms with E-state index >= 15 is 0 Å². The Kier molecular flexibility index (Phi) is 4.09. The van der Waals surface area contributed by atoms with Gasteiger partial charge in [-0.1, -0.05) is 22.0 Å². The molecule has 0 amide bonds. The first-order valence-electron chi connectivity index (χ1n) is 5.49. The lowest BCUT2D eigenvalue weighted by Crippen LogP contribution is -2.07. The Morgan fingerprint density at radius 2 is 2.28 bits per heavy atom. The van der Waals surface area contributed by atoms with Crippen LogP contribution in [0.4, 0.5) is 0 Å². The van der Waals surface area contributed by atoms with E-state index in [9.17, 15) is 4.79 Å². The van der Waals surface area contributed by atoms with Gasteiger partial charge < -0.3 is 4.74 Å². The maximum absolute atomic E-state index is 11.5. The summed E-state index contributed by atoms with van der Waals surface area (Å²) < 4.78 is 6.43. The van der Waals surface area contributed by atoms with E-state index < -0.39 is 5.97 Å². The van der Waals surface area contributed by atoms with Gasteiger partial charge in [0.25, 0.3) is 0 Å². The second-order valence-corrected chi connectivity index (χ2v) is 4.05. The van der Waals surface area contributed by atoms with Crippen LogP contribution in [0.5, 0.6) is 0 Å². The molecule has 94 valence electrons. The number of pyridine rings is 1. The fourth-order valence-corrected chi connectivity index (χ4v) is 1.75. The molecule has 0 atom stereocenters. The van der Waals surface area contributed by atoms with Crippen LogP contribution in [0, 0.1) is 0 Å². The van der Waals surface area contributed by atoms with E-state index in [2.05, 4.69) is 26.0 Å². The zero-order chi connectivity index (χ0) is 13.0. The van der Waals surface area contributed by atoms with Gasteiger partial charge in [0.1, 0.15) is 0 Å². The van der Waals surface area contributed by atoms with Gasteiger partial charge in [-0.05, 0) is 25.1 Å². The Hall–Kier alpha value is -1.69. The Morgan fingerprint density at radius 1 is 1.44 bits per heavy atom. The first kappa shape index (κ1) is 12.8. The molecule has 0 bridgehead atoms. The van der Waals surface area contributed by atoms with Gasteiger partial charge in [0.2, 0.25) is 0 Å². The highest BCUT2D eigenvalue weighted by atomic mass is 79.9. The number of halogens is 1. The third kappa shape index (κ3) is 2.76. The fourth-order valence-electron chi connectivity index (χ4n) is 1.43. The third-order valence-corrected chi connectivity index (χ3v) is 2.81. The zero-order valence-corrected chi connectivity index (χ0v) is 11.4. The van der Waals surface area contributed by atoms with Gasteiger partial charge in [0.05, 0.1) is 12.3 Å². The molecule has 18 heavy (non-hydrogen) atoms. The lowest BCUT2D eigenvalue weighted by molar-refractivity contribution is 0.0519. The summed E-state index contributed by atoms with van der Waals surface area (Å²) in [7, 11) is 0. The maximum atomic E-state index is 11.5. The highest BCUT2D eigenvalue weighted by molar-refractivity contribution is 9.08. The van der Waals surface area contributed by atoms with Crippen molar-refractivity contribution in [3.63, 3.8) is 0 Å². The molecule has 0 aliphatic rings. The number of hydrogen-bond acceptors (Lipinski definition) is 4. The molecule has 0 saturated heterocycles. The molecule has 0 N–H and O–H groups in total. The average molecular weight is 310 g/mol. The summed E-state index contributed by atoms with van der Waals surface area (Å²) in [6, 6.07) is 7.24. The highest BCUT2D eigenvalue weighted by Gasteiger charge is 2.11. The van der Waals surface area contributed by atoms with Crippen molar-refractivity contribution in [1.82, 2.24) is 14.8 Å². The Balaban J connectivity index is 2.26. The third-order valence-electron chi connectivity index (χ3n) is 2.24. The molecule has 0 unspecified atom stereocenters. The predicted molar refractivity (Wildman–Crippen MR) is 69.9 cm³/mol. The summed E-state index contributed by atoms with van der Waals surface area (Å²) in [5, 5.41) is 4.81. The number of carbonyl (C=O) groups excluding carboxylic acids is 1. The SMILES string of the molecule is CCOC(=O)c1ccn(-c2cccc(CBr)n2)n1. The van der Waals surface area contributed by atoms with Gasteiger partial charge in [-0.3, -0.25) is 0 Å². The monoisotopic (exact) mass is 309 g/mol. The average Bonchev–Trinajstić information content (AvgIpc) is 2.89. The molecule has 0 saturated carbocycles. The molecule has 0 aromatic carbocycles. The number of aromatic nitrogens is 3. The van der Waals surface area contributed by atoms with E-state index in [0.717, 1.165) is 5.69 Å². The lowest BCUT2D eigenvalue weighted by Gasteiger charge is -2.02. The van der Waals surface area contributed by atoms with Crippen molar-refractivity contribution in [3.05, 3.63) is 41.9 Å². The van der Waals surface area contributed by atoms with Crippen molar-refractivity contribution in [3.8, 4) is 5.82 Å². The minimum atomic E-state index is -0.423. The van der Waals surface area contributed by atoms with E-state index in [-0.39, 0.29) is 5.69 Å². The summed E-state index contributed by atoms with van der Waals surface area (Å²) >= 11 is 3.35. The van der Waals surface area contributed by atoms with Crippen LogP contribution >= 0.6 is 15.9 Å². The Bertz CT molecular complexity index is 554. The number of hydrogen-bond donors (Lipinski definition) is 0. The van der Waals surface area contributed by atoms with Gasteiger partial charge in [-0.25, -0.2) is 14.5 Å². The smallest absolute Gasteiger partial charge is 0.358 e. The number of rotatable bonds is 4. The molecule has 2 heterocycles. The summed E-state index contributed by atoms with van der Waals surface area (Å²) in [5.41, 5.74) is 1.18. The molecule has 0 radical (unpaired) electrons. The molecular weight excluding hydrogens is 298 g/mol. The molecule has 6 heteroatoms. The fraction of sp³-hybridized carbons (Fsp3) is 0.250. The van der Waals surface area contributed by atoms with Crippen molar-refractivity contribution in [2.45, 2.75) is 12.3 Å². The van der Waals surface area contributed by atoms with Crippen molar-refractivity contribution in [2.75, 3.05) is 6.61 Å². The number of alkyl halides is 1. The van der Waals surface area contributed by atoms with Crippen molar-refractivity contribution in [1.29, 1.82) is 0 Å². The zero-order valence-electron chi connectivity index (χ0n) is 9.84. The summed E-state index contributed by atoms with van der Waals surface area (Å²) in [5.74, 6) is 0.246. The van der Waals surface area contributed by atoms with Crippen LogP contribution in [0.1, 0.15) is 23.1 Å². The molecule has 2 aromatic heterocycles. The molecule has 0 aliphatic heterocycles. The van der Waals surface area contributed by atoms with E-state index in [0.29, 0.717) is 17.8 Å². The lowest BCUT2D eigenvalue weighted by atomic mass is 10.4. The molecule has 0 fully saturated rings. The molecular formula is C12H12BrN3O2. The predicted octanol–water partition coefficient (Wildman–Crippen LogP) is 2.34. The van der Waals surface area contributed by atoms with E-state index in [4.69, 9.17) is 4.74 Å². The van der Waals surface area contributed by atoms with Crippen LogP contribution in [0.15, 0.2) is 30.5 Å². The number of ether oxygens (including phenoxy) is 1. The first-order valence-corrected chi connectivity index (χ1v) is 6.61. The van der Waals surface area contributed by atoms with Gasteiger partial charge in [0, 0.05) is 11.5 Å². The summed E-state index contributed by atoms with van der Waals surface area (Å²) in [4.78, 5) is 15.9. The van der Waals surface area contributed by atoms with Crippen molar-refractivity contribution < 1.29 is 9.53 Å². The van der Waals surface area contributed by atoms with Crippen LogP contribution in [0.3, 0.4) is 0 Å². The normalized spacial score (nSPS) is 10.3. The minimum Gasteiger partial charge on any atom is -0.461 e. The molecule has 0 aliphatic carbocycles. The highest BCUT2D eigenvalue weighted by Crippen LogP contribution is 2.09. The Labute approximate surface area is 113 Å². The van der Waals surface area contributed by atoms with Crippen LogP contribution in [-0.4, -0.2) is 27.3 Å². The van der Waals surface area contributed by atoms with E-state index in [1.54, 1.807) is 23.9 Å². The minimum absolute atomic E-state index is 0.280. The van der Waals surface area contributed by atoms with Crippen molar-refractivity contribution >= 4 is 21.9 Å². The first-order chi connectivity index (χ1) is 8.74. The second-order valence-electron chi connectivity index (χ2n) is 3.49. The van der Waals surface area contributed by atoms with Crippen LogP contribution < -0.4 is 0 Å². The second kappa shape index (κ2) is 5.77. The maximum Gasteiger partial charge on any atom is 0.358 e. The molecule has 2 aromatic rings. The standard InChI is InChI=1S/C12H12BrN3O2/c1-2-18-12(17)10-6-7-16(15-10)11-5-3-4-9(8-13)14-11/h3-7H,2,8H2,1H3. The van der Waals surface area contributed by atoms with E-state index in [1.165, 1.54) is 0 Å². The topological polar surface area (TPSA) is 57.0 Å². The van der Waals surface area contributed by atoms with Gasteiger partial charge in [-0.2, -0.15) is 5.10 Å². The summed E-state index contributed by atoms with van der Waals surface area (Å²) in [6.45, 7) is 2.10. The number of nitrogens with zero attached hydrogens (tertiary/aromatic N) is 3. The molecule has 5 nitrogen and oxygen atoms in total. The summed E-state index contributed by atoms with van der Waals surface area (Å²) in [6.07, 6.45) is 1.69. The van der Waals surface area contributed by atoms with Crippen LogP contribution in [0.2, 0.25) is 0 Å². The largest absolute Gasteiger partial charge is 0.461 e. The van der Waals surface area contributed by atoms with Gasteiger partial charge >= 0.3 is 5.97 Å². The molecule has 0 spiro atoms. The molecule has 2 rings (SSSR count).